The van der Waals surface area contributed by atoms with E-state index in [4.69, 9.17) is 9.05 Å². The molecule has 0 fully saturated rings. The van der Waals surface area contributed by atoms with Gasteiger partial charge in [0.1, 0.15) is 0 Å². The molecule has 0 aliphatic rings. The molecule has 0 aromatic carbocycles. The van der Waals surface area contributed by atoms with Crippen molar-refractivity contribution in [2.75, 3.05) is 24.7 Å². The lowest BCUT2D eigenvalue weighted by atomic mass is 10.6. The van der Waals surface area contributed by atoms with Crippen LogP contribution < -0.4 is 0 Å². The Balaban J connectivity index is 4.14. The topological polar surface area (TPSA) is 35.5 Å². The lowest BCUT2D eigenvalue weighted by molar-refractivity contribution is 0.220. The fraction of sp³-hybridized carbons (Fsp3) is 1.00. The fourth-order valence-corrected chi connectivity index (χ4v) is 4.16. The second kappa shape index (κ2) is 7.41. The fourth-order valence-electron chi connectivity index (χ4n) is 0.827. The molecule has 0 amide bonds. The third-order valence-corrected chi connectivity index (χ3v) is 6.23. The average Bonchev–Trinajstić information content (AvgIpc) is 2.04. The smallest absolute Gasteiger partial charge is 0.309 e. The zero-order valence-corrected chi connectivity index (χ0v) is 11.9. The maximum absolute atomic E-state index is 11.9. The summed E-state index contributed by atoms with van der Waals surface area (Å²) in [4.78, 5) is 0.122. The molecule has 13 heavy (non-hydrogen) atoms. The van der Waals surface area contributed by atoms with E-state index in [0.717, 1.165) is 5.33 Å². The second-order valence-electron chi connectivity index (χ2n) is 2.38. The minimum absolute atomic E-state index is 0.122. The van der Waals surface area contributed by atoms with Gasteiger partial charge in [-0.2, -0.15) is 0 Å². The van der Waals surface area contributed by atoms with Gasteiger partial charge in [0.05, 0.1) is 19.4 Å². The molecule has 0 N–H and O–H groups in total. The summed E-state index contributed by atoms with van der Waals surface area (Å²) in [5.74, 6) is 0. The molecule has 1 atom stereocenters. The predicted molar refractivity (Wildman–Crippen MR) is 62.2 cm³/mol. The van der Waals surface area contributed by atoms with Crippen LogP contribution in [0.4, 0.5) is 0 Å². The first-order chi connectivity index (χ1) is 6.08. The van der Waals surface area contributed by atoms with E-state index >= 15 is 0 Å². The van der Waals surface area contributed by atoms with Crippen molar-refractivity contribution in [3.63, 3.8) is 0 Å². The highest BCUT2D eigenvalue weighted by molar-refractivity contribution is 9.12. The zero-order chi connectivity index (χ0) is 10.3. The third-order valence-electron chi connectivity index (χ3n) is 1.24. The number of alkyl halides is 2. The van der Waals surface area contributed by atoms with Crippen molar-refractivity contribution in [2.24, 2.45) is 0 Å². The molecular formula is C7H15Br2O3P. The largest absolute Gasteiger partial charge is 0.331 e. The first-order valence-corrected chi connectivity index (χ1v) is 7.92. The molecular weight excluding hydrogens is 323 g/mol. The summed E-state index contributed by atoms with van der Waals surface area (Å²) in [7, 11) is -2.87. The van der Waals surface area contributed by atoms with E-state index in [1.165, 1.54) is 0 Å². The summed E-state index contributed by atoms with van der Waals surface area (Å²) >= 11 is 6.66. The lowest BCUT2D eigenvalue weighted by Crippen LogP contribution is -2.10. The van der Waals surface area contributed by atoms with Crippen molar-refractivity contribution in [3.05, 3.63) is 0 Å². The van der Waals surface area contributed by atoms with E-state index in [-0.39, 0.29) is 4.83 Å². The molecule has 0 saturated heterocycles. The van der Waals surface area contributed by atoms with E-state index in [2.05, 4.69) is 31.9 Å². The highest BCUT2D eigenvalue weighted by atomic mass is 79.9. The molecule has 0 unspecified atom stereocenters. The van der Waals surface area contributed by atoms with Crippen LogP contribution in [0.25, 0.3) is 0 Å². The Bertz CT molecular complexity index is 167. The molecule has 6 heteroatoms. The minimum Gasteiger partial charge on any atom is -0.309 e. The molecule has 0 saturated carbocycles. The Hall–Kier alpha value is 1.11. The highest BCUT2D eigenvalue weighted by Gasteiger charge is 2.26. The van der Waals surface area contributed by atoms with Gasteiger partial charge in [0.2, 0.25) is 0 Å². The van der Waals surface area contributed by atoms with Gasteiger partial charge in [-0.3, -0.25) is 4.57 Å². The Morgan fingerprint density at radius 2 is 1.77 bits per heavy atom. The van der Waals surface area contributed by atoms with Gasteiger partial charge in [-0.15, -0.1) is 0 Å². The van der Waals surface area contributed by atoms with Gasteiger partial charge in [-0.1, -0.05) is 31.9 Å². The third kappa shape index (κ3) is 6.24. The van der Waals surface area contributed by atoms with Gasteiger partial charge in [-0.25, -0.2) is 0 Å². The van der Waals surface area contributed by atoms with Gasteiger partial charge < -0.3 is 9.05 Å². The molecule has 80 valence electrons. The number of hydrogen-bond acceptors (Lipinski definition) is 3. The van der Waals surface area contributed by atoms with Gasteiger partial charge in [0.15, 0.2) is 0 Å². The monoisotopic (exact) mass is 336 g/mol. The van der Waals surface area contributed by atoms with Crippen molar-refractivity contribution >= 4 is 39.5 Å². The number of rotatable bonds is 7. The first-order valence-electron chi connectivity index (χ1n) is 4.16. The molecule has 0 aromatic rings. The maximum Gasteiger partial charge on any atom is 0.331 e. The Kier molecular flexibility index (Phi) is 8.04. The summed E-state index contributed by atoms with van der Waals surface area (Å²) in [5.41, 5.74) is 0. The maximum atomic E-state index is 11.9. The molecule has 0 spiro atoms. The van der Waals surface area contributed by atoms with Crippen LogP contribution in [0, 0.1) is 0 Å². The predicted octanol–water partition coefficient (Wildman–Crippen LogP) is 3.41. The van der Waals surface area contributed by atoms with Crippen LogP contribution >= 0.6 is 39.5 Å². The molecule has 0 aromatic heterocycles. The minimum atomic E-state index is -2.87. The van der Waals surface area contributed by atoms with Crippen LogP contribution in [0.1, 0.15) is 13.8 Å². The van der Waals surface area contributed by atoms with Crippen LogP contribution in [0.3, 0.4) is 0 Å². The molecule has 0 aliphatic heterocycles. The van der Waals surface area contributed by atoms with Gasteiger partial charge >= 0.3 is 7.60 Å². The van der Waals surface area contributed by atoms with Crippen LogP contribution in [0.5, 0.6) is 0 Å². The lowest BCUT2D eigenvalue weighted by Gasteiger charge is -2.18. The Morgan fingerprint density at radius 3 is 2.08 bits per heavy atom. The van der Waals surface area contributed by atoms with E-state index in [9.17, 15) is 4.57 Å². The first kappa shape index (κ1) is 14.1. The summed E-state index contributed by atoms with van der Waals surface area (Å²) in [5, 5.41) is 0.733. The molecule has 0 bridgehead atoms. The number of hydrogen-bond donors (Lipinski definition) is 0. The normalized spacial score (nSPS) is 14.5. The molecule has 0 aliphatic carbocycles. The Morgan fingerprint density at radius 1 is 1.31 bits per heavy atom. The van der Waals surface area contributed by atoms with Crippen molar-refractivity contribution in [3.8, 4) is 0 Å². The highest BCUT2D eigenvalue weighted by Crippen LogP contribution is 2.49. The van der Waals surface area contributed by atoms with Crippen molar-refractivity contribution in [2.45, 2.75) is 18.7 Å². The second-order valence-corrected chi connectivity index (χ2v) is 6.43. The van der Waals surface area contributed by atoms with Crippen molar-refractivity contribution in [1.29, 1.82) is 0 Å². The molecule has 0 radical (unpaired) electrons. The SMILES string of the molecule is CCOP(=O)(C[C@H](Br)CBr)OCC. The molecule has 0 rings (SSSR count). The summed E-state index contributed by atoms with van der Waals surface area (Å²) in [6.45, 7) is 4.45. The van der Waals surface area contributed by atoms with Crippen LogP contribution in [-0.4, -0.2) is 29.5 Å². The van der Waals surface area contributed by atoms with Crippen LogP contribution in [0.2, 0.25) is 0 Å². The summed E-state index contributed by atoms with van der Waals surface area (Å²) in [6, 6.07) is 0. The quantitative estimate of drug-likeness (QED) is 0.527. The molecule has 0 heterocycles. The average molecular weight is 338 g/mol. The Labute approximate surface area is 96.4 Å². The zero-order valence-electron chi connectivity index (χ0n) is 7.83. The van der Waals surface area contributed by atoms with E-state index in [1.54, 1.807) is 0 Å². The summed E-state index contributed by atoms with van der Waals surface area (Å²) < 4.78 is 22.1. The van der Waals surface area contributed by atoms with Crippen LogP contribution in [-0.2, 0) is 13.6 Å². The van der Waals surface area contributed by atoms with E-state index < -0.39 is 7.60 Å². The van der Waals surface area contributed by atoms with Gasteiger partial charge in [-0.05, 0) is 13.8 Å². The van der Waals surface area contributed by atoms with Crippen molar-refractivity contribution < 1.29 is 13.6 Å². The number of halogens is 2. The molecule has 3 nitrogen and oxygen atoms in total. The van der Waals surface area contributed by atoms with Gasteiger partial charge in [0, 0.05) is 10.2 Å². The van der Waals surface area contributed by atoms with E-state index in [1.807, 2.05) is 13.8 Å². The standard InChI is InChI=1S/C7H15Br2O3P/c1-3-11-13(10,12-4-2)6-7(9)5-8/h7H,3-6H2,1-2H3/t7-/m1/s1. The van der Waals surface area contributed by atoms with Gasteiger partial charge in [0.25, 0.3) is 0 Å². The van der Waals surface area contributed by atoms with E-state index in [0.29, 0.717) is 19.4 Å². The van der Waals surface area contributed by atoms with Crippen LogP contribution in [0.15, 0.2) is 0 Å². The summed E-state index contributed by atoms with van der Waals surface area (Å²) in [6.07, 6.45) is 0.403. The van der Waals surface area contributed by atoms with Crippen molar-refractivity contribution in [1.82, 2.24) is 0 Å².